The Morgan fingerprint density at radius 2 is 1.51 bits per heavy atom. The summed E-state index contributed by atoms with van der Waals surface area (Å²) in [6, 6.07) is 14.9. The third kappa shape index (κ3) is 7.94. The van der Waals surface area contributed by atoms with Gasteiger partial charge in [0.05, 0.1) is 35.6 Å². The molecule has 4 aliphatic rings. The molecule has 11 atom stereocenters. The maximum Gasteiger partial charge on any atom is 0.509 e. The SMILES string of the molecule is CC(=O)O[C@H]1C(=O)[C@@]2(C)[C@H]([C@H](OC(=O)c3ccccc3)[C@]3(O)C[C@H](OC(=O)[C@H](OC(=O)OC(C)(C)C)[C@@H](N)c4ccccc4)C(C)=C1C3(C)C)[C@]1(OC(C)=O)CO[C@@H]1C[C@@H]2O. The van der Waals surface area contributed by atoms with Gasteiger partial charge in [-0.2, -0.15) is 0 Å². The van der Waals surface area contributed by atoms with Crippen LogP contribution in [0.5, 0.6) is 0 Å². The molecular formula is C45H55NO15. The van der Waals surface area contributed by atoms with Crippen molar-refractivity contribution in [3.8, 4) is 0 Å². The average molecular weight is 850 g/mol. The number of carbonyl (C=O) groups excluding carboxylic acids is 6. The van der Waals surface area contributed by atoms with Crippen molar-refractivity contribution in [1.82, 2.24) is 0 Å². The van der Waals surface area contributed by atoms with Crippen LogP contribution in [0.2, 0.25) is 0 Å². The molecule has 0 amide bonds. The molecule has 1 heterocycles. The van der Waals surface area contributed by atoms with Crippen molar-refractivity contribution in [2.45, 2.75) is 135 Å². The van der Waals surface area contributed by atoms with Gasteiger partial charge in [-0.3, -0.25) is 14.4 Å². The Balaban J connectivity index is 1.57. The average Bonchev–Trinajstić information content (AvgIpc) is 3.17. The molecule has 0 unspecified atom stereocenters. The molecule has 330 valence electrons. The molecule has 0 aromatic heterocycles. The van der Waals surface area contributed by atoms with Gasteiger partial charge in [0, 0.05) is 32.1 Å². The first-order chi connectivity index (χ1) is 28.4. The van der Waals surface area contributed by atoms with E-state index in [2.05, 4.69) is 0 Å². The molecule has 6 rings (SSSR count). The van der Waals surface area contributed by atoms with Crippen LogP contribution in [0.25, 0.3) is 0 Å². The van der Waals surface area contributed by atoms with Crippen molar-refractivity contribution in [3.63, 3.8) is 0 Å². The number of ether oxygens (including phenoxy) is 7. The van der Waals surface area contributed by atoms with E-state index in [1.54, 1.807) is 83.1 Å². The summed E-state index contributed by atoms with van der Waals surface area (Å²) >= 11 is 0. The lowest BCUT2D eigenvalue weighted by molar-refractivity contribution is -0.346. The van der Waals surface area contributed by atoms with Crippen LogP contribution in [0, 0.1) is 16.7 Å². The number of esters is 4. The molecule has 1 saturated heterocycles. The first-order valence-corrected chi connectivity index (χ1v) is 20.2. The zero-order valence-electron chi connectivity index (χ0n) is 35.8. The van der Waals surface area contributed by atoms with Crippen molar-refractivity contribution >= 4 is 35.8 Å². The predicted molar refractivity (Wildman–Crippen MR) is 213 cm³/mol. The van der Waals surface area contributed by atoms with Crippen LogP contribution >= 0.6 is 0 Å². The predicted octanol–water partition coefficient (Wildman–Crippen LogP) is 4.22. The Morgan fingerprint density at radius 3 is 2.05 bits per heavy atom. The van der Waals surface area contributed by atoms with Crippen LogP contribution in [0.3, 0.4) is 0 Å². The second-order valence-electron chi connectivity index (χ2n) is 18.1. The number of hydrogen-bond donors (Lipinski definition) is 3. The molecule has 61 heavy (non-hydrogen) atoms. The Kier molecular flexibility index (Phi) is 12.1. The van der Waals surface area contributed by atoms with Crippen molar-refractivity contribution in [3.05, 3.63) is 82.9 Å². The van der Waals surface area contributed by atoms with Crippen LogP contribution in [-0.4, -0.2) is 106 Å². The van der Waals surface area contributed by atoms with E-state index in [0.29, 0.717) is 5.56 Å². The fourth-order valence-corrected chi connectivity index (χ4v) is 9.72. The summed E-state index contributed by atoms with van der Waals surface area (Å²) in [4.78, 5) is 83.3. The summed E-state index contributed by atoms with van der Waals surface area (Å²) in [6.45, 7) is 12.8. The molecule has 16 nitrogen and oxygen atoms in total. The second-order valence-corrected chi connectivity index (χ2v) is 18.1. The van der Waals surface area contributed by atoms with Gasteiger partial charge in [0.25, 0.3) is 0 Å². The summed E-state index contributed by atoms with van der Waals surface area (Å²) in [7, 11) is 0. The van der Waals surface area contributed by atoms with Gasteiger partial charge < -0.3 is 49.1 Å². The van der Waals surface area contributed by atoms with Crippen molar-refractivity contribution in [2.75, 3.05) is 6.61 Å². The third-order valence-corrected chi connectivity index (χ3v) is 12.8. The first-order valence-electron chi connectivity index (χ1n) is 20.2. The highest BCUT2D eigenvalue weighted by atomic mass is 16.7. The molecule has 0 spiro atoms. The highest BCUT2D eigenvalue weighted by Gasteiger charge is 2.78. The number of fused-ring (bicyclic) bond motifs is 5. The monoisotopic (exact) mass is 849 g/mol. The van der Waals surface area contributed by atoms with Gasteiger partial charge in [-0.05, 0) is 63.5 Å². The Bertz CT molecular complexity index is 2100. The van der Waals surface area contributed by atoms with E-state index < -0.39 is 118 Å². The van der Waals surface area contributed by atoms with Gasteiger partial charge in [0.1, 0.15) is 29.5 Å². The van der Waals surface area contributed by atoms with E-state index in [-0.39, 0.29) is 29.7 Å². The van der Waals surface area contributed by atoms with Gasteiger partial charge in [-0.15, -0.1) is 0 Å². The minimum Gasteiger partial charge on any atom is -0.455 e. The molecule has 2 aromatic rings. The quantitative estimate of drug-likeness (QED) is 0.182. The minimum absolute atomic E-state index is 0.00243. The number of ketones is 1. The topological polar surface area (TPSA) is 234 Å². The van der Waals surface area contributed by atoms with Crippen LogP contribution < -0.4 is 5.73 Å². The standard InChI is InChI=1S/C45H55NO15/c1-23-28(57-39(52)34(58-40(53)61-41(4,5)6)32(46)26-16-12-10-13-17-26)21-45(54)37(59-38(51)27-18-14-11-15-19-27)35-43(9,29(49)20-30-44(35,22-55-30)60-25(3)48)36(50)33(56-24(2)47)31(23)42(45,7)8/h10-19,28-30,32-35,37,49,54H,20-22,46H2,1-9H3/t28-,29-,30+,32-,33+,34+,35-,37-,43+,44-,45+/m0/s1. The number of nitrogens with two attached hydrogens (primary N) is 1. The molecule has 4 N–H and O–H groups in total. The summed E-state index contributed by atoms with van der Waals surface area (Å²) < 4.78 is 41.3. The van der Waals surface area contributed by atoms with Gasteiger partial charge in [-0.25, -0.2) is 14.4 Å². The molecule has 16 heteroatoms. The molecule has 2 aromatic carbocycles. The van der Waals surface area contributed by atoms with Gasteiger partial charge in [0.15, 0.2) is 17.5 Å². The zero-order chi connectivity index (χ0) is 45.0. The van der Waals surface area contributed by atoms with Crippen LogP contribution in [0.15, 0.2) is 71.8 Å². The molecule has 2 saturated carbocycles. The largest absolute Gasteiger partial charge is 0.509 e. The maximum atomic E-state index is 15.5. The summed E-state index contributed by atoms with van der Waals surface area (Å²) in [6.07, 6.45) is -11.5. The van der Waals surface area contributed by atoms with E-state index in [9.17, 15) is 34.2 Å². The van der Waals surface area contributed by atoms with Gasteiger partial charge >= 0.3 is 30.0 Å². The molecule has 3 fully saturated rings. The van der Waals surface area contributed by atoms with Crippen LogP contribution in [0.4, 0.5) is 4.79 Å². The van der Waals surface area contributed by atoms with Gasteiger partial charge in [0.2, 0.25) is 6.10 Å². The number of hydrogen-bond acceptors (Lipinski definition) is 16. The highest BCUT2D eigenvalue weighted by molar-refractivity contribution is 5.95. The molecular weight excluding hydrogens is 794 g/mol. The van der Waals surface area contributed by atoms with Crippen molar-refractivity contribution < 1.29 is 72.1 Å². The smallest absolute Gasteiger partial charge is 0.455 e. The minimum atomic E-state index is -2.39. The Labute approximate surface area is 354 Å². The third-order valence-electron chi connectivity index (χ3n) is 12.8. The van der Waals surface area contributed by atoms with Crippen LogP contribution in [-0.2, 0) is 52.3 Å². The fraction of sp³-hybridized carbons (Fsp3) is 0.556. The molecule has 0 radical (unpaired) electrons. The first kappa shape index (κ1) is 45.4. The van der Waals surface area contributed by atoms with E-state index >= 15 is 4.79 Å². The molecule has 3 aliphatic carbocycles. The van der Waals surface area contributed by atoms with Gasteiger partial charge in [-0.1, -0.05) is 62.4 Å². The summed E-state index contributed by atoms with van der Waals surface area (Å²) in [5.41, 5.74) is -1.68. The van der Waals surface area contributed by atoms with E-state index in [4.69, 9.17) is 38.9 Å². The molecule has 1 aliphatic heterocycles. The number of benzene rings is 2. The Morgan fingerprint density at radius 1 is 0.902 bits per heavy atom. The lowest BCUT2D eigenvalue weighted by Crippen LogP contribution is -2.82. The number of aliphatic hydroxyl groups excluding tert-OH is 1. The normalized spacial score (nSPS) is 32.5. The summed E-state index contributed by atoms with van der Waals surface area (Å²) in [5.74, 6) is -6.19. The van der Waals surface area contributed by atoms with E-state index in [1.165, 1.54) is 26.0 Å². The van der Waals surface area contributed by atoms with Crippen molar-refractivity contribution in [2.24, 2.45) is 22.5 Å². The summed E-state index contributed by atoms with van der Waals surface area (Å²) in [5, 5.41) is 25.8. The maximum absolute atomic E-state index is 15.5. The van der Waals surface area contributed by atoms with E-state index in [0.717, 1.165) is 13.8 Å². The second kappa shape index (κ2) is 16.3. The fourth-order valence-electron chi connectivity index (χ4n) is 9.72. The molecule has 2 bridgehead atoms. The number of carbonyl (C=O) groups is 6. The number of Topliss-reactive ketones (excluding diaryl/α,β-unsaturated/α-hetero) is 1. The van der Waals surface area contributed by atoms with E-state index in [1.807, 2.05) is 0 Å². The lowest BCUT2D eigenvalue weighted by Gasteiger charge is -2.67. The number of rotatable bonds is 9. The zero-order valence-corrected chi connectivity index (χ0v) is 35.8. The van der Waals surface area contributed by atoms with Crippen molar-refractivity contribution in [1.29, 1.82) is 0 Å². The number of aliphatic hydroxyl groups is 2. The van der Waals surface area contributed by atoms with Crippen LogP contribution in [0.1, 0.15) is 97.1 Å². The Hall–Kier alpha value is -5.16. The lowest BCUT2D eigenvalue weighted by atomic mass is 9.44. The highest BCUT2D eigenvalue weighted by Crippen LogP contribution is 2.64.